The normalized spacial score (nSPS) is 11.0. The molecule has 2 aromatic rings. The van der Waals surface area contributed by atoms with Crippen LogP contribution < -0.4 is 10.6 Å². The summed E-state index contributed by atoms with van der Waals surface area (Å²) in [5, 5.41) is 16.9. The number of sulfone groups is 1. The summed E-state index contributed by atoms with van der Waals surface area (Å²) < 4.78 is 23.6. The molecule has 26 heavy (non-hydrogen) atoms. The number of hydrogen-bond acceptors (Lipinski definition) is 6. The molecule has 8 nitrogen and oxygen atoms in total. The predicted octanol–water partition coefficient (Wildman–Crippen LogP) is 2.36. The number of nitro benzene ring substituents is 1. The summed E-state index contributed by atoms with van der Waals surface area (Å²) >= 11 is 0. The van der Waals surface area contributed by atoms with Crippen LogP contribution in [0, 0.1) is 10.1 Å². The fourth-order valence-electron chi connectivity index (χ4n) is 2.43. The maximum absolute atomic E-state index is 11.9. The van der Waals surface area contributed by atoms with Crippen molar-refractivity contribution in [1.29, 1.82) is 0 Å². The first-order valence-electron chi connectivity index (χ1n) is 7.82. The van der Waals surface area contributed by atoms with Crippen LogP contribution in [-0.4, -0.2) is 32.0 Å². The molecule has 0 aromatic heterocycles. The topological polar surface area (TPSA) is 118 Å². The van der Waals surface area contributed by atoms with E-state index in [4.69, 9.17) is 0 Å². The Balaban J connectivity index is 2.29. The van der Waals surface area contributed by atoms with Crippen LogP contribution in [0.1, 0.15) is 22.8 Å². The van der Waals surface area contributed by atoms with Gasteiger partial charge in [-0.2, -0.15) is 0 Å². The Kier molecular flexibility index (Phi) is 5.93. The molecule has 9 heteroatoms. The zero-order valence-corrected chi connectivity index (χ0v) is 15.2. The average molecular weight is 377 g/mol. The molecule has 0 heterocycles. The van der Waals surface area contributed by atoms with Crippen molar-refractivity contribution in [3.8, 4) is 0 Å². The Bertz CT molecular complexity index is 941. The van der Waals surface area contributed by atoms with E-state index in [0.29, 0.717) is 12.1 Å². The van der Waals surface area contributed by atoms with E-state index in [0.717, 1.165) is 11.8 Å². The summed E-state index contributed by atoms with van der Waals surface area (Å²) in [6.45, 7) is 2.52. The van der Waals surface area contributed by atoms with Crippen molar-refractivity contribution in [3.63, 3.8) is 0 Å². The van der Waals surface area contributed by atoms with E-state index in [1.165, 1.54) is 18.2 Å². The fraction of sp³-hybridized carbons (Fsp3) is 0.235. The van der Waals surface area contributed by atoms with Crippen molar-refractivity contribution in [2.75, 3.05) is 18.1 Å². The van der Waals surface area contributed by atoms with Crippen molar-refractivity contribution < 1.29 is 18.1 Å². The molecule has 2 N–H and O–H groups in total. The molecule has 0 fully saturated rings. The molecule has 0 bridgehead atoms. The van der Waals surface area contributed by atoms with Crippen LogP contribution in [0.4, 0.5) is 11.4 Å². The summed E-state index contributed by atoms with van der Waals surface area (Å²) in [5.41, 5.74) is 0.814. The number of benzene rings is 2. The number of carbonyl (C=O) groups is 1. The monoisotopic (exact) mass is 377 g/mol. The molecule has 0 aliphatic heterocycles. The maximum atomic E-state index is 11.9. The van der Waals surface area contributed by atoms with E-state index in [1.807, 2.05) is 6.92 Å². The van der Waals surface area contributed by atoms with Gasteiger partial charge in [-0.15, -0.1) is 0 Å². The van der Waals surface area contributed by atoms with Gasteiger partial charge in [-0.25, -0.2) is 8.42 Å². The van der Waals surface area contributed by atoms with Crippen LogP contribution in [0.2, 0.25) is 0 Å². The summed E-state index contributed by atoms with van der Waals surface area (Å²) in [4.78, 5) is 22.2. The van der Waals surface area contributed by atoms with Gasteiger partial charge in [0.05, 0.1) is 4.92 Å². The molecule has 0 saturated heterocycles. The van der Waals surface area contributed by atoms with Gasteiger partial charge in [-0.3, -0.25) is 14.9 Å². The van der Waals surface area contributed by atoms with Crippen molar-refractivity contribution in [2.45, 2.75) is 18.4 Å². The molecule has 2 aromatic carbocycles. The highest BCUT2D eigenvalue weighted by Crippen LogP contribution is 2.32. The Hall–Kier alpha value is -2.94. The summed E-state index contributed by atoms with van der Waals surface area (Å²) in [6.07, 6.45) is 0.926. The van der Waals surface area contributed by atoms with E-state index < -0.39 is 20.4 Å². The molecule has 0 unspecified atom stereocenters. The lowest BCUT2D eigenvalue weighted by atomic mass is 10.1. The molecule has 0 spiro atoms. The van der Waals surface area contributed by atoms with E-state index in [2.05, 4.69) is 10.6 Å². The Morgan fingerprint density at radius 3 is 2.50 bits per heavy atom. The minimum Gasteiger partial charge on any atom is -0.375 e. The fourth-order valence-corrected chi connectivity index (χ4v) is 3.30. The van der Waals surface area contributed by atoms with Gasteiger partial charge >= 0.3 is 5.69 Å². The van der Waals surface area contributed by atoms with E-state index in [1.54, 1.807) is 24.3 Å². The number of carbonyl (C=O) groups excluding carboxylic acids is 1. The predicted molar refractivity (Wildman–Crippen MR) is 98.0 cm³/mol. The molecule has 0 saturated carbocycles. The zero-order chi connectivity index (χ0) is 19.3. The smallest absolute Gasteiger partial charge is 0.310 e. The van der Waals surface area contributed by atoms with Crippen molar-refractivity contribution in [1.82, 2.24) is 5.32 Å². The van der Waals surface area contributed by atoms with E-state index in [9.17, 15) is 23.3 Å². The lowest BCUT2D eigenvalue weighted by Gasteiger charge is -2.10. The molecular weight excluding hydrogens is 358 g/mol. The van der Waals surface area contributed by atoms with Gasteiger partial charge in [0.15, 0.2) is 9.84 Å². The number of amides is 1. The van der Waals surface area contributed by atoms with Crippen LogP contribution in [0.3, 0.4) is 0 Å². The highest BCUT2D eigenvalue weighted by atomic mass is 32.2. The quantitative estimate of drug-likeness (QED) is 0.565. The third-order valence-electron chi connectivity index (χ3n) is 3.59. The number of para-hydroxylation sites is 1. The second-order valence-electron chi connectivity index (χ2n) is 5.59. The number of rotatable bonds is 7. The molecule has 0 aliphatic rings. The molecular formula is C17H19N3O5S. The number of nitro groups is 1. The van der Waals surface area contributed by atoms with Gasteiger partial charge < -0.3 is 10.6 Å². The number of nitrogens with zero attached hydrogens (tertiary/aromatic N) is 1. The van der Waals surface area contributed by atoms with Gasteiger partial charge in [0.1, 0.15) is 10.6 Å². The van der Waals surface area contributed by atoms with Crippen molar-refractivity contribution in [3.05, 3.63) is 63.7 Å². The lowest BCUT2D eigenvalue weighted by Crippen LogP contribution is -2.22. The first-order valence-corrected chi connectivity index (χ1v) is 9.71. The van der Waals surface area contributed by atoms with Gasteiger partial charge in [0, 0.05) is 24.9 Å². The third-order valence-corrected chi connectivity index (χ3v) is 4.72. The highest BCUT2D eigenvalue weighted by Gasteiger charge is 2.25. The number of anilines is 1. The van der Waals surface area contributed by atoms with Crippen molar-refractivity contribution in [2.24, 2.45) is 0 Å². The lowest BCUT2D eigenvalue weighted by molar-refractivity contribution is -0.386. The third kappa shape index (κ3) is 4.57. The van der Waals surface area contributed by atoms with Gasteiger partial charge in [-0.05, 0) is 36.8 Å². The zero-order valence-electron chi connectivity index (χ0n) is 14.4. The minimum absolute atomic E-state index is 0.0985. The average Bonchev–Trinajstić information content (AvgIpc) is 2.59. The Labute approximate surface area is 151 Å². The summed E-state index contributed by atoms with van der Waals surface area (Å²) in [7, 11) is -3.74. The van der Waals surface area contributed by atoms with Gasteiger partial charge in [0.2, 0.25) is 0 Å². The van der Waals surface area contributed by atoms with E-state index >= 15 is 0 Å². The number of nitrogens with one attached hydrogen (secondary N) is 2. The molecule has 1 amide bonds. The second kappa shape index (κ2) is 7.96. The minimum atomic E-state index is -3.74. The summed E-state index contributed by atoms with van der Waals surface area (Å²) in [5.74, 6) is -0.209. The Morgan fingerprint density at radius 2 is 1.88 bits per heavy atom. The van der Waals surface area contributed by atoms with Crippen LogP contribution in [0.15, 0.2) is 47.4 Å². The van der Waals surface area contributed by atoms with Gasteiger partial charge in [-0.1, -0.05) is 18.2 Å². The molecule has 0 radical (unpaired) electrons. The maximum Gasteiger partial charge on any atom is 0.310 e. The first-order chi connectivity index (χ1) is 12.2. The van der Waals surface area contributed by atoms with E-state index in [-0.39, 0.29) is 23.0 Å². The van der Waals surface area contributed by atoms with Crippen LogP contribution in [0.5, 0.6) is 0 Å². The summed E-state index contributed by atoms with van der Waals surface area (Å²) in [6, 6.07) is 10.9. The molecule has 2 rings (SSSR count). The number of hydrogen-bond donors (Lipinski definition) is 2. The van der Waals surface area contributed by atoms with Crippen LogP contribution in [-0.2, 0) is 16.4 Å². The highest BCUT2D eigenvalue weighted by molar-refractivity contribution is 7.90. The van der Waals surface area contributed by atoms with Gasteiger partial charge in [0.25, 0.3) is 5.91 Å². The standard InChI is InChI=1S/C17H19N3O5S/c1-3-18-17(21)13-7-4-6-12(10-13)11-19-14-8-5-9-15(26(2,24)25)16(14)20(22)23/h4-10,19H,3,11H2,1-2H3,(H,18,21). The first kappa shape index (κ1) is 19.4. The Morgan fingerprint density at radius 1 is 1.19 bits per heavy atom. The SMILES string of the molecule is CCNC(=O)c1cccc(CNc2cccc(S(C)(=O)=O)c2[N+](=O)[O-])c1. The van der Waals surface area contributed by atoms with Crippen LogP contribution in [0.25, 0.3) is 0 Å². The molecule has 0 atom stereocenters. The van der Waals surface area contributed by atoms with Crippen molar-refractivity contribution >= 4 is 27.1 Å². The second-order valence-corrected chi connectivity index (χ2v) is 7.58. The largest absolute Gasteiger partial charge is 0.375 e. The molecule has 138 valence electrons. The molecule has 0 aliphatic carbocycles. The van der Waals surface area contributed by atoms with Crippen LogP contribution >= 0.6 is 0 Å².